The number of rotatable bonds is 5. The van der Waals surface area contributed by atoms with Crippen LogP contribution in [0, 0.1) is 0 Å². The number of hydrogen-bond acceptors (Lipinski definition) is 4. The first-order chi connectivity index (χ1) is 10.8. The van der Waals surface area contributed by atoms with Crippen LogP contribution in [0.3, 0.4) is 0 Å². The molecule has 22 heavy (non-hydrogen) atoms. The molecule has 0 aliphatic carbocycles. The van der Waals surface area contributed by atoms with Gasteiger partial charge in [0.05, 0.1) is 13.7 Å². The van der Waals surface area contributed by atoms with Crippen LogP contribution in [0.4, 0.5) is 0 Å². The predicted molar refractivity (Wildman–Crippen MR) is 84.7 cm³/mol. The largest absolute Gasteiger partial charge is 0.496 e. The van der Waals surface area contributed by atoms with Gasteiger partial charge in [0, 0.05) is 11.1 Å². The highest BCUT2D eigenvalue weighted by Gasteiger charge is 2.08. The summed E-state index contributed by atoms with van der Waals surface area (Å²) in [6, 6.07) is 16.1. The molecule has 3 aromatic rings. The Morgan fingerprint density at radius 2 is 1.82 bits per heavy atom. The maximum atomic E-state index is 5.35. The number of aromatic nitrogens is 4. The Hall–Kier alpha value is -2.69. The molecule has 0 amide bonds. The molecule has 3 rings (SSSR count). The summed E-state index contributed by atoms with van der Waals surface area (Å²) in [5.74, 6) is 1.46. The minimum absolute atomic E-state index is 0.532. The van der Waals surface area contributed by atoms with Gasteiger partial charge in [0.1, 0.15) is 5.75 Å². The lowest BCUT2D eigenvalue weighted by atomic mass is 10.1. The van der Waals surface area contributed by atoms with Crippen LogP contribution in [0.15, 0.2) is 48.5 Å². The van der Waals surface area contributed by atoms with E-state index in [9.17, 15) is 0 Å². The highest BCUT2D eigenvalue weighted by atomic mass is 16.5. The summed E-state index contributed by atoms with van der Waals surface area (Å²) < 4.78 is 5.35. The van der Waals surface area contributed by atoms with Crippen molar-refractivity contribution in [2.45, 2.75) is 19.9 Å². The third-order valence-electron chi connectivity index (χ3n) is 3.58. The topological polar surface area (TPSA) is 52.8 Å². The van der Waals surface area contributed by atoms with Crippen molar-refractivity contribution in [2.75, 3.05) is 7.11 Å². The van der Waals surface area contributed by atoms with Crippen LogP contribution in [-0.2, 0) is 13.0 Å². The van der Waals surface area contributed by atoms with Gasteiger partial charge in [-0.05, 0) is 23.3 Å². The van der Waals surface area contributed by atoms with E-state index in [4.69, 9.17) is 4.74 Å². The lowest BCUT2D eigenvalue weighted by Crippen LogP contribution is -2.05. The molecule has 0 aliphatic heterocycles. The van der Waals surface area contributed by atoms with E-state index >= 15 is 0 Å². The van der Waals surface area contributed by atoms with E-state index in [0.717, 1.165) is 23.3 Å². The van der Waals surface area contributed by atoms with Crippen LogP contribution < -0.4 is 4.74 Å². The summed E-state index contributed by atoms with van der Waals surface area (Å²) >= 11 is 0. The molecule has 0 spiro atoms. The van der Waals surface area contributed by atoms with Crippen molar-refractivity contribution < 1.29 is 4.74 Å². The van der Waals surface area contributed by atoms with Crippen molar-refractivity contribution in [3.05, 3.63) is 59.7 Å². The Balaban J connectivity index is 1.81. The third kappa shape index (κ3) is 2.98. The third-order valence-corrected chi connectivity index (χ3v) is 3.58. The van der Waals surface area contributed by atoms with Crippen molar-refractivity contribution in [1.82, 2.24) is 20.2 Å². The van der Waals surface area contributed by atoms with Crippen molar-refractivity contribution in [1.29, 1.82) is 0 Å². The number of methoxy groups -OCH3 is 1. The van der Waals surface area contributed by atoms with Crippen molar-refractivity contribution in [3.63, 3.8) is 0 Å². The number of ether oxygens (including phenoxy) is 1. The molecule has 0 unspecified atom stereocenters. The first-order valence-electron chi connectivity index (χ1n) is 7.29. The predicted octanol–water partition coefficient (Wildman–Crippen LogP) is 2.96. The molecule has 1 heterocycles. The van der Waals surface area contributed by atoms with Crippen LogP contribution in [0.25, 0.3) is 11.4 Å². The maximum absolute atomic E-state index is 5.35. The lowest BCUT2D eigenvalue weighted by Gasteiger charge is -2.06. The van der Waals surface area contributed by atoms with E-state index in [-0.39, 0.29) is 0 Å². The quantitative estimate of drug-likeness (QED) is 0.726. The molecule has 5 heteroatoms. The second kappa shape index (κ2) is 6.39. The number of aryl methyl sites for hydroxylation is 1. The standard InChI is InChI=1S/C17H18N4O/c1-3-13-8-10-14(11-9-13)17-18-20-21(19-17)12-15-6-4-5-7-16(15)22-2/h4-11H,3,12H2,1-2H3. The second-order valence-corrected chi connectivity index (χ2v) is 5.01. The van der Waals surface area contributed by atoms with E-state index in [2.05, 4.69) is 34.5 Å². The molecule has 112 valence electrons. The molecular weight excluding hydrogens is 276 g/mol. The van der Waals surface area contributed by atoms with Crippen LogP contribution in [0.2, 0.25) is 0 Å². The van der Waals surface area contributed by atoms with Crippen molar-refractivity contribution in [2.24, 2.45) is 0 Å². The first kappa shape index (κ1) is 14.3. The Bertz CT molecular complexity index is 749. The monoisotopic (exact) mass is 294 g/mol. The summed E-state index contributed by atoms with van der Waals surface area (Å²) in [6.45, 7) is 2.67. The van der Waals surface area contributed by atoms with Gasteiger partial charge in [-0.2, -0.15) is 4.80 Å². The van der Waals surface area contributed by atoms with Crippen LogP contribution in [0.1, 0.15) is 18.1 Å². The van der Waals surface area contributed by atoms with E-state index in [1.165, 1.54) is 5.56 Å². The molecule has 0 bridgehead atoms. The molecule has 0 saturated carbocycles. The summed E-state index contributed by atoms with van der Waals surface area (Å²) in [5.41, 5.74) is 3.30. The smallest absolute Gasteiger partial charge is 0.204 e. The molecule has 0 radical (unpaired) electrons. The zero-order valence-corrected chi connectivity index (χ0v) is 12.7. The van der Waals surface area contributed by atoms with Crippen molar-refractivity contribution in [3.8, 4) is 17.1 Å². The molecule has 0 atom stereocenters. The van der Waals surface area contributed by atoms with E-state index in [0.29, 0.717) is 12.4 Å². The van der Waals surface area contributed by atoms with Gasteiger partial charge in [0.2, 0.25) is 5.82 Å². The SMILES string of the molecule is CCc1ccc(-c2nnn(Cc3ccccc3OC)n2)cc1. The molecule has 0 aliphatic rings. The van der Waals surface area contributed by atoms with Gasteiger partial charge in [-0.15, -0.1) is 10.2 Å². The zero-order chi connectivity index (χ0) is 15.4. The van der Waals surface area contributed by atoms with Gasteiger partial charge in [0.25, 0.3) is 0 Å². The van der Waals surface area contributed by atoms with Crippen LogP contribution in [-0.4, -0.2) is 27.3 Å². The van der Waals surface area contributed by atoms with Gasteiger partial charge in [-0.3, -0.25) is 0 Å². The Morgan fingerprint density at radius 1 is 1.05 bits per heavy atom. The fourth-order valence-electron chi connectivity index (χ4n) is 2.30. The van der Waals surface area contributed by atoms with Crippen LogP contribution in [0.5, 0.6) is 5.75 Å². The number of nitrogens with zero attached hydrogens (tertiary/aromatic N) is 4. The summed E-state index contributed by atoms with van der Waals surface area (Å²) in [4.78, 5) is 1.58. The summed E-state index contributed by atoms with van der Waals surface area (Å²) in [6.07, 6.45) is 1.02. The highest BCUT2D eigenvalue weighted by Crippen LogP contribution is 2.19. The second-order valence-electron chi connectivity index (χ2n) is 5.01. The Morgan fingerprint density at radius 3 is 2.55 bits per heavy atom. The minimum Gasteiger partial charge on any atom is -0.496 e. The molecule has 0 fully saturated rings. The average Bonchev–Trinajstić information content (AvgIpc) is 3.04. The lowest BCUT2D eigenvalue weighted by molar-refractivity contribution is 0.405. The summed E-state index contributed by atoms with van der Waals surface area (Å²) in [7, 11) is 1.66. The van der Waals surface area contributed by atoms with Gasteiger partial charge in [0.15, 0.2) is 0 Å². The fraction of sp³-hybridized carbons (Fsp3) is 0.235. The Kier molecular flexibility index (Phi) is 4.14. The summed E-state index contributed by atoms with van der Waals surface area (Å²) in [5, 5.41) is 12.7. The normalized spacial score (nSPS) is 10.6. The Labute approximate surface area is 129 Å². The molecule has 5 nitrogen and oxygen atoms in total. The minimum atomic E-state index is 0.532. The molecule has 2 aromatic carbocycles. The zero-order valence-electron chi connectivity index (χ0n) is 12.7. The molecule has 0 N–H and O–H groups in total. The van der Waals surface area contributed by atoms with Gasteiger partial charge < -0.3 is 4.74 Å². The number of hydrogen-bond donors (Lipinski definition) is 0. The molecular formula is C17H18N4O. The first-order valence-corrected chi connectivity index (χ1v) is 7.29. The molecule has 1 aromatic heterocycles. The van der Waals surface area contributed by atoms with Gasteiger partial charge in [-0.25, -0.2) is 0 Å². The van der Waals surface area contributed by atoms with E-state index in [1.807, 2.05) is 36.4 Å². The van der Waals surface area contributed by atoms with E-state index in [1.54, 1.807) is 11.9 Å². The van der Waals surface area contributed by atoms with Crippen molar-refractivity contribution >= 4 is 0 Å². The molecule has 0 saturated heterocycles. The fourth-order valence-corrected chi connectivity index (χ4v) is 2.30. The maximum Gasteiger partial charge on any atom is 0.204 e. The highest BCUT2D eigenvalue weighted by molar-refractivity contribution is 5.54. The number of para-hydroxylation sites is 1. The van der Waals surface area contributed by atoms with Gasteiger partial charge >= 0.3 is 0 Å². The van der Waals surface area contributed by atoms with E-state index < -0.39 is 0 Å². The number of tetrazole rings is 1. The van der Waals surface area contributed by atoms with Gasteiger partial charge in [-0.1, -0.05) is 49.4 Å². The average molecular weight is 294 g/mol. The van der Waals surface area contributed by atoms with Crippen LogP contribution >= 0.6 is 0 Å². The number of benzene rings is 2.